The molecule has 14 heavy (non-hydrogen) atoms. The van der Waals surface area contributed by atoms with Crippen molar-refractivity contribution in [3.8, 4) is 0 Å². The van der Waals surface area contributed by atoms with Crippen LogP contribution in [0.5, 0.6) is 0 Å². The number of hydrogen-bond acceptors (Lipinski definition) is 0. The number of hydrogen-bond donors (Lipinski definition) is 0. The van der Waals surface area contributed by atoms with Gasteiger partial charge in [-0.3, -0.25) is 0 Å². The third-order valence-corrected chi connectivity index (χ3v) is 5.08. The Bertz CT molecular complexity index is 285. The van der Waals surface area contributed by atoms with E-state index < -0.39 is 0 Å². The van der Waals surface area contributed by atoms with Crippen LogP contribution in [0.25, 0.3) is 0 Å². The van der Waals surface area contributed by atoms with Gasteiger partial charge in [-0.05, 0) is 23.8 Å². The molecule has 0 aliphatic heterocycles. The summed E-state index contributed by atoms with van der Waals surface area (Å²) in [5, 5.41) is 0. The van der Waals surface area contributed by atoms with Gasteiger partial charge in [-0.2, -0.15) is 0 Å². The van der Waals surface area contributed by atoms with Gasteiger partial charge in [0.05, 0.1) is 0 Å². The maximum atomic E-state index is 3.87. The molecule has 0 radical (unpaired) electrons. The highest BCUT2D eigenvalue weighted by molar-refractivity contribution is 9.09. The number of rotatable bonds is 2. The molecule has 0 saturated heterocycles. The average molecular weight is 253 g/mol. The topological polar surface area (TPSA) is 0 Å². The molecule has 1 aliphatic rings. The Morgan fingerprint density at radius 2 is 1.71 bits per heavy atom. The quantitative estimate of drug-likeness (QED) is 0.670. The van der Waals surface area contributed by atoms with Crippen LogP contribution in [0.1, 0.15) is 43.0 Å². The standard InChI is InChI=1S/C13H17Br/c1-13(9-5-6-10-13)12(14)11-7-3-2-4-8-11/h2-4,7-8,12H,5-6,9-10H2,1H3. The Morgan fingerprint density at radius 3 is 2.29 bits per heavy atom. The molecule has 1 fully saturated rings. The fourth-order valence-corrected chi connectivity index (χ4v) is 3.22. The second-order valence-corrected chi connectivity index (χ2v) is 5.55. The number of benzene rings is 1. The van der Waals surface area contributed by atoms with Crippen molar-refractivity contribution in [2.45, 2.75) is 37.4 Å². The summed E-state index contributed by atoms with van der Waals surface area (Å²) in [5.74, 6) is 0. The van der Waals surface area contributed by atoms with Crippen LogP contribution in [0.4, 0.5) is 0 Å². The van der Waals surface area contributed by atoms with Gasteiger partial charge in [-0.1, -0.05) is 66.0 Å². The summed E-state index contributed by atoms with van der Waals surface area (Å²) in [6.45, 7) is 2.41. The van der Waals surface area contributed by atoms with E-state index in [-0.39, 0.29) is 0 Å². The normalized spacial score (nSPS) is 22.1. The SMILES string of the molecule is CC1(C(Br)c2ccccc2)CCCC1. The highest BCUT2D eigenvalue weighted by atomic mass is 79.9. The van der Waals surface area contributed by atoms with Crippen LogP contribution in [-0.2, 0) is 0 Å². The molecular weight excluding hydrogens is 236 g/mol. The lowest BCUT2D eigenvalue weighted by atomic mass is 9.82. The summed E-state index contributed by atoms with van der Waals surface area (Å²) < 4.78 is 0. The predicted octanol–water partition coefficient (Wildman–Crippen LogP) is 4.70. The van der Waals surface area contributed by atoms with Crippen LogP contribution in [0.3, 0.4) is 0 Å². The van der Waals surface area contributed by atoms with Crippen LogP contribution >= 0.6 is 15.9 Å². The Labute approximate surface area is 94.8 Å². The van der Waals surface area contributed by atoms with Gasteiger partial charge in [0.15, 0.2) is 0 Å². The monoisotopic (exact) mass is 252 g/mol. The first-order chi connectivity index (χ1) is 6.72. The van der Waals surface area contributed by atoms with Crippen molar-refractivity contribution in [1.29, 1.82) is 0 Å². The summed E-state index contributed by atoms with van der Waals surface area (Å²) in [6, 6.07) is 10.8. The molecule has 0 nitrogen and oxygen atoms in total. The predicted molar refractivity (Wildman–Crippen MR) is 64.7 cm³/mol. The number of alkyl halides is 1. The summed E-state index contributed by atoms with van der Waals surface area (Å²) in [4.78, 5) is 0.527. The van der Waals surface area contributed by atoms with E-state index in [1.54, 1.807) is 0 Å². The van der Waals surface area contributed by atoms with Gasteiger partial charge in [-0.25, -0.2) is 0 Å². The largest absolute Gasteiger partial charge is 0.0833 e. The summed E-state index contributed by atoms with van der Waals surface area (Å²) >= 11 is 3.87. The minimum absolute atomic E-state index is 0.474. The Hall–Kier alpha value is -0.300. The van der Waals surface area contributed by atoms with Crippen molar-refractivity contribution >= 4 is 15.9 Å². The molecule has 1 atom stereocenters. The molecule has 1 aliphatic carbocycles. The van der Waals surface area contributed by atoms with Gasteiger partial charge in [0.1, 0.15) is 0 Å². The number of halogens is 1. The van der Waals surface area contributed by atoms with E-state index in [2.05, 4.69) is 53.2 Å². The molecule has 0 amide bonds. The van der Waals surface area contributed by atoms with E-state index in [4.69, 9.17) is 0 Å². The van der Waals surface area contributed by atoms with Gasteiger partial charge in [-0.15, -0.1) is 0 Å². The van der Waals surface area contributed by atoms with Gasteiger partial charge in [0, 0.05) is 4.83 Å². The molecule has 0 heterocycles. The van der Waals surface area contributed by atoms with E-state index in [0.29, 0.717) is 10.2 Å². The summed E-state index contributed by atoms with van der Waals surface area (Å²) in [5.41, 5.74) is 1.90. The van der Waals surface area contributed by atoms with Crippen LogP contribution in [-0.4, -0.2) is 0 Å². The fraction of sp³-hybridized carbons (Fsp3) is 0.538. The van der Waals surface area contributed by atoms with Gasteiger partial charge >= 0.3 is 0 Å². The van der Waals surface area contributed by atoms with E-state index in [1.165, 1.54) is 31.2 Å². The highest BCUT2D eigenvalue weighted by Gasteiger charge is 2.36. The Kier molecular flexibility index (Phi) is 2.96. The zero-order valence-corrected chi connectivity index (χ0v) is 10.3. The minimum Gasteiger partial charge on any atom is -0.0833 e. The molecule has 0 aromatic heterocycles. The minimum atomic E-state index is 0.474. The maximum Gasteiger partial charge on any atom is 0.0448 e. The lowest BCUT2D eigenvalue weighted by molar-refractivity contribution is 0.331. The van der Waals surface area contributed by atoms with Crippen LogP contribution in [0.15, 0.2) is 30.3 Å². The molecule has 76 valence electrons. The van der Waals surface area contributed by atoms with Gasteiger partial charge in [0.2, 0.25) is 0 Å². The zero-order chi connectivity index (χ0) is 10.0. The molecular formula is C13H17Br. The first kappa shape index (κ1) is 10.2. The van der Waals surface area contributed by atoms with Crippen molar-refractivity contribution in [3.05, 3.63) is 35.9 Å². The van der Waals surface area contributed by atoms with Crippen LogP contribution < -0.4 is 0 Å². The smallest absolute Gasteiger partial charge is 0.0448 e. The maximum absolute atomic E-state index is 3.87. The molecule has 1 saturated carbocycles. The zero-order valence-electron chi connectivity index (χ0n) is 8.67. The first-order valence-corrected chi connectivity index (χ1v) is 6.33. The fourth-order valence-electron chi connectivity index (χ4n) is 2.46. The van der Waals surface area contributed by atoms with Crippen LogP contribution in [0, 0.1) is 5.41 Å². The third kappa shape index (κ3) is 1.88. The van der Waals surface area contributed by atoms with E-state index in [1.807, 2.05) is 0 Å². The highest BCUT2D eigenvalue weighted by Crippen LogP contribution is 2.51. The van der Waals surface area contributed by atoms with Crippen LogP contribution in [0.2, 0.25) is 0 Å². The molecule has 1 unspecified atom stereocenters. The van der Waals surface area contributed by atoms with Crippen molar-refractivity contribution in [1.82, 2.24) is 0 Å². The Morgan fingerprint density at radius 1 is 1.14 bits per heavy atom. The molecule has 0 bridgehead atoms. The van der Waals surface area contributed by atoms with E-state index >= 15 is 0 Å². The molecule has 0 spiro atoms. The van der Waals surface area contributed by atoms with Crippen molar-refractivity contribution in [2.24, 2.45) is 5.41 Å². The molecule has 1 aromatic rings. The van der Waals surface area contributed by atoms with Crippen molar-refractivity contribution in [2.75, 3.05) is 0 Å². The van der Waals surface area contributed by atoms with Gasteiger partial charge < -0.3 is 0 Å². The summed E-state index contributed by atoms with van der Waals surface area (Å²) in [6.07, 6.45) is 5.51. The summed E-state index contributed by atoms with van der Waals surface area (Å²) in [7, 11) is 0. The van der Waals surface area contributed by atoms with E-state index in [9.17, 15) is 0 Å². The second-order valence-electron chi connectivity index (χ2n) is 4.63. The lowest BCUT2D eigenvalue weighted by Gasteiger charge is -2.30. The molecule has 2 rings (SSSR count). The lowest BCUT2D eigenvalue weighted by Crippen LogP contribution is -2.17. The molecule has 0 N–H and O–H groups in total. The molecule has 1 heteroatoms. The average Bonchev–Trinajstić information content (AvgIpc) is 2.67. The Balaban J connectivity index is 2.19. The van der Waals surface area contributed by atoms with Gasteiger partial charge in [0.25, 0.3) is 0 Å². The second kappa shape index (κ2) is 4.06. The molecule has 1 aromatic carbocycles. The first-order valence-electron chi connectivity index (χ1n) is 5.41. The van der Waals surface area contributed by atoms with E-state index in [0.717, 1.165) is 0 Å². The third-order valence-electron chi connectivity index (χ3n) is 3.45. The van der Waals surface area contributed by atoms with Crippen molar-refractivity contribution in [3.63, 3.8) is 0 Å². The van der Waals surface area contributed by atoms with Crippen molar-refractivity contribution < 1.29 is 0 Å².